The average molecular weight is 319 g/mol. The van der Waals surface area contributed by atoms with Gasteiger partial charge in [0, 0.05) is 6.54 Å². The van der Waals surface area contributed by atoms with Crippen molar-refractivity contribution in [3.63, 3.8) is 0 Å². The van der Waals surface area contributed by atoms with Crippen LogP contribution in [-0.2, 0) is 13.2 Å². The van der Waals surface area contributed by atoms with Crippen LogP contribution in [0.3, 0.4) is 0 Å². The van der Waals surface area contributed by atoms with Crippen molar-refractivity contribution in [3.05, 3.63) is 41.8 Å². The molecule has 1 heterocycles. The molecule has 0 atom stereocenters. The lowest BCUT2D eigenvalue weighted by Gasteiger charge is -2.18. The molecular weight excluding hydrogens is 297 g/mol. The fourth-order valence-corrected chi connectivity index (χ4v) is 2.50. The summed E-state index contributed by atoms with van der Waals surface area (Å²) in [4.78, 5) is 6.74. The molecule has 1 aromatic carbocycles. The number of rotatable bonds is 9. The van der Waals surface area contributed by atoms with E-state index in [1.807, 2.05) is 0 Å². The molecule has 0 saturated heterocycles. The Balaban J connectivity index is 1.51. The highest BCUT2D eigenvalue weighted by Crippen LogP contribution is 2.30. The summed E-state index contributed by atoms with van der Waals surface area (Å²) in [6.07, 6.45) is 3.78. The number of nitrogens with zero attached hydrogens (tertiary/aromatic N) is 3. The van der Waals surface area contributed by atoms with Crippen LogP contribution in [0.5, 0.6) is 5.75 Å². The van der Waals surface area contributed by atoms with Gasteiger partial charge in [0.1, 0.15) is 11.6 Å². The van der Waals surface area contributed by atoms with Crippen LogP contribution in [-0.4, -0.2) is 28.1 Å². The monoisotopic (exact) mass is 319 g/mol. The maximum absolute atomic E-state index is 12.8. The second-order valence-corrected chi connectivity index (χ2v) is 6.03. The predicted molar refractivity (Wildman–Crippen MR) is 83.3 cm³/mol. The number of benzene rings is 1. The van der Waals surface area contributed by atoms with E-state index in [0.29, 0.717) is 24.0 Å². The average Bonchev–Trinajstić information content (AvgIpc) is 3.24. The number of halogens is 1. The SMILES string of the molecule is CCCN(Cc1nc(COc2ccc(F)cc2)no1)CC1CC1. The molecule has 23 heavy (non-hydrogen) atoms. The first-order valence-electron chi connectivity index (χ1n) is 8.15. The van der Waals surface area contributed by atoms with E-state index in [9.17, 15) is 4.39 Å². The molecule has 0 spiro atoms. The van der Waals surface area contributed by atoms with Crippen molar-refractivity contribution in [2.75, 3.05) is 13.1 Å². The quantitative estimate of drug-likeness (QED) is 0.709. The summed E-state index contributed by atoms with van der Waals surface area (Å²) in [6.45, 7) is 5.23. The molecule has 1 aliphatic rings. The van der Waals surface area contributed by atoms with E-state index < -0.39 is 0 Å². The first-order valence-corrected chi connectivity index (χ1v) is 8.15. The fourth-order valence-electron chi connectivity index (χ4n) is 2.50. The van der Waals surface area contributed by atoms with Gasteiger partial charge in [0.25, 0.3) is 0 Å². The van der Waals surface area contributed by atoms with Crippen LogP contribution in [0, 0.1) is 11.7 Å². The van der Waals surface area contributed by atoms with Gasteiger partial charge in [0.15, 0.2) is 6.61 Å². The second kappa shape index (κ2) is 7.55. The Morgan fingerprint density at radius 2 is 2.09 bits per heavy atom. The molecule has 6 heteroatoms. The Morgan fingerprint density at radius 1 is 1.30 bits per heavy atom. The summed E-state index contributed by atoms with van der Waals surface area (Å²) >= 11 is 0. The Hall–Kier alpha value is -1.95. The van der Waals surface area contributed by atoms with Gasteiger partial charge >= 0.3 is 0 Å². The minimum atomic E-state index is -0.286. The molecule has 1 saturated carbocycles. The van der Waals surface area contributed by atoms with Crippen LogP contribution in [0.1, 0.15) is 37.9 Å². The lowest BCUT2D eigenvalue weighted by molar-refractivity contribution is 0.218. The third kappa shape index (κ3) is 5.03. The minimum absolute atomic E-state index is 0.214. The fraction of sp³-hybridized carbons (Fsp3) is 0.529. The first kappa shape index (κ1) is 15.9. The summed E-state index contributed by atoms with van der Waals surface area (Å²) in [6, 6.07) is 5.87. The zero-order valence-electron chi connectivity index (χ0n) is 13.4. The van der Waals surface area contributed by atoms with Crippen LogP contribution < -0.4 is 4.74 Å². The molecule has 1 fully saturated rings. The molecule has 0 amide bonds. The number of hydrogen-bond acceptors (Lipinski definition) is 5. The highest BCUT2D eigenvalue weighted by atomic mass is 19.1. The highest BCUT2D eigenvalue weighted by Gasteiger charge is 2.24. The van der Waals surface area contributed by atoms with Crippen molar-refractivity contribution in [3.8, 4) is 5.75 Å². The molecule has 1 aromatic heterocycles. The van der Waals surface area contributed by atoms with Crippen molar-refractivity contribution >= 4 is 0 Å². The predicted octanol–water partition coefficient (Wildman–Crippen LogP) is 3.41. The molecule has 1 aliphatic carbocycles. The molecule has 0 bridgehead atoms. The van der Waals surface area contributed by atoms with Crippen molar-refractivity contribution < 1.29 is 13.7 Å². The molecule has 0 radical (unpaired) electrons. The van der Waals surface area contributed by atoms with E-state index in [-0.39, 0.29) is 12.4 Å². The van der Waals surface area contributed by atoms with Gasteiger partial charge in [-0.1, -0.05) is 12.1 Å². The Kier molecular flexibility index (Phi) is 5.23. The standard InChI is InChI=1S/C17H22FN3O2/c1-2-9-21(10-13-3-4-13)11-17-19-16(20-23-17)12-22-15-7-5-14(18)6-8-15/h5-8,13H,2-4,9-12H2,1H3. The van der Waals surface area contributed by atoms with E-state index in [1.165, 1.54) is 25.0 Å². The van der Waals surface area contributed by atoms with Gasteiger partial charge in [0.05, 0.1) is 6.54 Å². The molecule has 124 valence electrons. The summed E-state index contributed by atoms with van der Waals surface area (Å²) in [7, 11) is 0. The number of hydrogen-bond donors (Lipinski definition) is 0. The topological polar surface area (TPSA) is 51.4 Å². The van der Waals surface area contributed by atoms with Crippen LogP contribution >= 0.6 is 0 Å². The van der Waals surface area contributed by atoms with Crippen LogP contribution in [0.15, 0.2) is 28.8 Å². The van der Waals surface area contributed by atoms with Crippen molar-refractivity contribution in [1.82, 2.24) is 15.0 Å². The van der Waals surface area contributed by atoms with Crippen molar-refractivity contribution in [2.45, 2.75) is 39.3 Å². The summed E-state index contributed by atoms with van der Waals surface area (Å²) < 4.78 is 23.7. The third-order valence-corrected chi connectivity index (χ3v) is 3.80. The highest BCUT2D eigenvalue weighted by molar-refractivity contribution is 5.22. The first-order chi connectivity index (χ1) is 11.2. The summed E-state index contributed by atoms with van der Waals surface area (Å²) in [5.41, 5.74) is 0. The van der Waals surface area contributed by atoms with Gasteiger partial charge in [0.2, 0.25) is 11.7 Å². The largest absolute Gasteiger partial charge is 0.485 e. The van der Waals surface area contributed by atoms with E-state index in [4.69, 9.17) is 9.26 Å². The Bertz CT molecular complexity index is 611. The zero-order chi connectivity index (χ0) is 16.1. The second-order valence-electron chi connectivity index (χ2n) is 6.03. The Labute approximate surface area is 135 Å². The van der Waals surface area contributed by atoms with Crippen molar-refractivity contribution in [2.24, 2.45) is 5.92 Å². The normalized spacial score (nSPS) is 14.4. The molecular formula is C17H22FN3O2. The minimum Gasteiger partial charge on any atom is -0.485 e. The molecule has 0 N–H and O–H groups in total. The van der Waals surface area contributed by atoms with Gasteiger partial charge in [-0.15, -0.1) is 0 Å². The van der Waals surface area contributed by atoms with Gasteiger partial charge < -0.3 is 9.26 Å². The maximum Gasteiger partial charge on any atom is 0.240 e. The molecule has 2 aromatic rings. The van der Waals surface area contributed by atoms with Crippen LogP contribution in [0.2, 0.25) is 0 Å². The zero-order valence-corrected chi connectivity index (χ0v) is 13.4. The summed E-state index contributed by atoms with van der Waals surface area (Å²) in [5, 5.41) is 3.94. The lowest BCUT2D eigenvalue weighted by atomic mass is 10.3. The number of aromatic nitrogens is 2. The van der Waals surface area contributed by atoms with Gasteiger partial charge in [-0.05, 0) is 56.0 Å². The maximum atomic E-state index is 12.8. The molecule has 3 rings (SSSR count). The third-order valence-electron chi connectivity index (χ3n) is 3.80. The number of ether oxygens (including phenoxy) is 1. The van der Waals surface area contributed by atoms with E-state index in [2.05, 4.69) is 22.0 Å². The molecule has 0 unspecified atom stereocenters. The van der Waals surface area contributed by atoms with E-state index >= 15 is 0 Å². The van der Waals surface area contributed by atoms with Crippen LogP contribution in [0.25, 0.3) is 0 Å². The van der Waals surface area contributed by atoms with Gasteiger partial charge in [-0.2, -0.15) is 4.98 Å². The van der Waals surface area contributed by atoms with E-state index in [0.717, 1.165) is 25.4 Å². The van der Waals surface area contributed by atoms with Crippen molar-refractivity contribution in [1.29, 1.82) is 0 Å². The van der Waals surface area contributed by atoms with E-state index in [1.54, 1.807) is 12.1 Å². The van der Waals surface area contributed by atoms with Gasteiger partial charge in [-0.25, -0.2) is 4.39 Å². The lowest BCUT2D eigenvalue weighted by Crippen LogP contribution is -2.26. The molecule has 5 nitrogen and oxygen atoms in total. The Morgan fingerprint density at radius 3 is 2.78 bits per heavy atom. The van der Waals surface area contributed by atoms with Gasteiger partial charge in [-0.3, -0.25) is 4.90 Å². The smallest absolute Gasteiger partial charge is 0.240 e. The molecule has 0 aliphatic heterocycles. The summed E-state index contributed by atoms with van der Waals surface area (Å²) in [5.74, 6) is 2.26. The van der Waals surface area contributed by atoms with Crippen LogP contribution in [0.4, 0.5) is 4.39 Å².